The van der Waals surface area contributed by atoms with E-state index in [-0.39, 0.29) is 0 Å². The van der Waals surface area contributed by atoms with Crippen molar-refractivity contribution in [2.75, 3.05) is 0 Å². The summed E-state index contributed by atoms with van der Waals surface area (Å²) in [4.78, 5) is 0. The lowest BCUT2D eigenvalue weighted by Gasteiger charge is -2.32. The number of benzene rings is 1. The molecule has 4 rings (SSSR count). The smallest absolute Gasteiger partial charge is 0.0248 e. The second-order valence-corrected chi connectivity index (χ2v) is 10.3. The van der Waals surface area contributed by atoms with Gasteiger partial charge in [0.2, 0.25) is 0 Å². The second-order valence-electron chi connectivity index (χ2n) is 10.3. The van der Waals surface area contributed by atoms with Gasteiger partial charge in [0.25, 0.3) is 0 Å². The molecular weight excluding hydrogens is 324 g/mol. The monoisotopic (exact) mass is 366 g/mol. The fraction of sp³-hybridized carbons (Fsp3) is 0.778. The molecule has 0 nitrogen and oxygen atoms in total. The van der Waals surface area contributed by atoms with Gasteiger partial charge in [0.05, 0.1) is 0 Å². The van der Waals surface area contributed by atoms with Crippen LogP contribution < -0.4 is 0 Å². The normalized spacial score (nSPS) is 24.6. The number of rotatable bonds is 9. The number of hydrogen-bond acceptors (Lipinski definition) is 0. The Morgan fingerprint density at radius 2 is 1.22 bits per heavy atom. The van der Waals surface area contributed by atoms with E-state index in [1.54, 1.807) is 18.4 Å². The van der Waals surface area contributed by atoms with Gasteiger partial charge in [-0.3, -0.25) is 0 Å². The molecule has 0 radical (unpaired) electrons. The molecule has 1 aromatic rings. The van der Waals surface area contributed by atoms with Crippen LogP contribution in [0.3, 0.4) is 0 Å². The van der Waals surface area contributed by atoms with E-state index < -0.39 is 0 Å². The molecule has 0 N–H and O–H groups in total. The van der Waals surface area contributed by atoms with Crippen LogP contribution in [0.4, 0.5) is 0 Å². The van der Waals surface area contributed by atoms with Crippen LogP contribution in [0.15, 0.2) is 30.3 Å². The first-order valence-corrected chi connectivity index (χ1v) is 12.4. The molecule has 0 bridgehead atoms. The third kappa shape index (κ3) is 5.61. The molecule has 0 amide bonds. The molecular formula is C27H42. The Hall–Kier alpha value is -0.780. The van der Waals surface area contributed by atoms with Gasteiger partial charge in [-0.1, -0.05) is 114 Å². The van der Waals surface area contributed by atoms with Crippen LogP contribution in [0.5, 0.6) is 0 Å². The zero-order valence-corrected chi connectivity index (χ0v) is 17.6. The molecule has 0 saturated heterocycles. The van der Waals surface area contributed by atoms with Crippen LogP contribution in [-0.4, -0.2) is 0 Å². The third-order valence-electron chi connectivity index (χ3n) is 8.50. The van der Waals surface area contributed by atoms with Gasteiger partial charge in [0, 0.05) is 0 Å². The molecule has 3 aliphatic rings. The minimum atomic E-state index is 0.948. The third-order valence-corrected chi connectivity index (χ3v) is 8.50. The Balaban J connectivity index is 1.42. The molecule has 2 atom stereocenters. The Labute approximate surface area is 168 Å². The van der Waals surface area contributed by atoms with E-state index in [1.165, 1.54) is 89.9 Å². The van der Waals surface area contributed by atoms with E-state index in [2.05, 4.69) is 30.3 Å². The summed E-state index contributed by atoms with van der Waals surface area (Å²) in [7, 11) is 0. The average molecular weight is 367 g/mol. The van der Waals surface area contributed by atoms with Gasteiger partial charge in [-0.25, -0.2) is 0 Å². The van der Waals surface area contributed by atoms with Gasteiger partial charge in [-0.15, -0.1) is 0 Å². The Morgan fingerprint density at radius 3 is 1.85 bits per heavy atom. The van der Waals surface area contributed by atoms with Crippen molar-refractivity contribution in [2.45, 2.75) is 103 Å². The molecule has 3 saturated carbocycles. The topological polar surface area (TPSA) is 0 Å². The van der Waals surface area contributed by atoms with Gasteiger partial charge < -0.3 is 0 Å². The summed E-state index contributed by atoms with van der Waals surface area (Å²) in [5.74, 6) is 5.13. The highest BCUT2D eigenvalue weighted by Gasteiger charge is 2.32. The lowest BCUT2D eigenvalue weighted by Crippen LogP contribution is -2.23. The average Bonchev–Trinajstić information content (AvgIpc) is 3.48. The van der Waals surface area contributed by atoms with Crippen molar-refractivity contribution in [1.82, 2.24) is 0 Å². The quantitative estimate of drug-likeness (QED) is 0.413. The van der Waals surface area contributed by atoms with E-state index in [0.29, 0.717) is 0 Å². The summed E-state index contributed by atoms with van der Waals surface area (Å²) in [5, 5.41) is 0. The van der Waals surface area contributed by atoms with Gasteiger partial charge in [-0.2, -0.15) is 0 Å². The summed E-state index contributed by atoms with van der Waals surface area (Å²) in [6.45, 7) is 0. The lowest BCUT2D eigenvalue weighted by molar-refractivity contribution is 0.197. The second kappa shape index (κ2) is 10.1. The van der Waals surface area contributed by atoms with Crippen molar-refractivity contribution >= 4 is 0 Å². The van der Waals surface area contributed by atoms with Crippen LogP contribution in [0, 0.1) is 29.6 Å². The number of hydrogen-bond donors (Lipinski definition) is 0. The standard InChI is InChI=1S/C27H42/c1-2-12-23(13-3-1)20-27(25-16-8-9-17-25)21-26(24-14-6-7-15-24)19-18-22-10-4-5-11-22/h1-3,12-13,22,24-27H,4-11,14-21H2. The largest absolute Gasteiger partial charge is 0.0622 e. The van der Waals surface area contributed by atoms with Gasteiger partial charge >= 0.3 is 0 Å². The Morgan fingerprint density at radius 1 is 0.667 bits per heavy atom. The Bertz CT molecular complexity index is 514. The van der Waals surface area contributed by atoms with Crippen LogP contribution in [0.2, 0.25) is 0 Å². The van der Waals surface area contributed by atoms with Gasteiger partial charge in [0.1, 0.15) is 0 Å². The minimum Gasteiger partial charge on any atom is -0.0622 e. The highest BCUT2D eigenvalue weighted by Crippen LogP contribution is 2.43. The molecule has 1 aromatic carbocycles. The minimum absolute atomic E-state index is 0.948. The summed E-state index contributed by atoms with van der Waals surface area (Å²) < 4.78 is 0. The van der Waals surface area contributed by atoms with Gasteiger partial charge in [0.15, 0.2) is 0 Å². The van der Waals surface area contributed by atoms with Crippen molar-refractivity contribution in [1.29, 1.82) is 0 Å². The van der Waals surface area contributed by atoms with Crippen molar-refractivity contribution < 1.29 is 0 Å². The summed E-state index contributed by atoms with van der Waals surface area (Å²) in [5.41, 5.74) is 1.59. The molecule has 2 unspecified atom stereocenters. The SMILES string of the molecule is c1ccc(CC(CC(CCC2CCCC2)C2CCCC2)C2CCCC2)cc1. The van der Waals surface area contributed by atoms with E-state index in [0.717, 1.165) is 29.6 Å². The summed E-state index contributed by atoms with van der Waals surface area (Å²) in [6.07, 6.45) is 24.2. The van der Waals surface area contributed by atoms with Gasteiger partial charge in [-0.05, 0) is 54.4 Å². The van der Waals surface area contributed by atoms with Crippen molar-refractivity contribution in [2.24, 2.45) is 29.6 Å². The van der Waals surface area contributed by atoms with E-state index in [4.69, 9.17) is 0 Å². The van der Waals surface area contributed by atoms with Crippen molar-refractivity contribution in [3.8, 4) is 0 Å². The first kappa shape index (κ1) is 19.5. The molecule has 3 aliphatic carbocycles. The maximum atomic E-state index is 2.38. The molecule has 0 heterocycles. The molecule has 150 valence electrons. The predicted molar refractivity (Wildman–Crippen MR) is 117 cm³/mol. The highest BCUT2D eigenvalue weighted by atomic mass is 14.4. The molecule has 0 aliphatic heterocycles. The fourth-order valence-corrected chi connectivity index (χ4v) is 6.90. The van der Waals surface area contributed by atoms with Crippen LogP contribution >= 0.6 is 0 Å². The maximum Gasteiger partial charge on any atom is -0.0248 e. The highest BCUT2D eigenvalue weighted by molar-refractivity contribution is 5.15. The zero-order valence-electron chi connectivity index (χ0n) is 17.6. The van der Waals surface area contributed by atoms with Crippen molar-refractivity contribution in [3.63, 3.8) is 0 Å². The lowest BCUT2D eigenvalue weighted by atomic mass is 9.73. The van der Waals surface area contributed by atoms with Crippen LogP contribution in [0.1, 0.15) is 102 Å². The molecule has 0 heteroatoms. The first-order valence-electron chi connectivity index (χ1n) is 12.4. The molecule has 0 aromatic heterocycles. The molecule has 0 spiro atoms. The van der Waals surface area contributed by atoms with E-state index in [1.807, 2.05) is 0 Å². The summed E-state index contributed by atoms with van der Waals surface area (Å²) >= 11 is 0. The van der Waals surface area contributed by atoms with Crippen LogP contribution in [-0.2, 0) is 6.42 Å². The maximum absolute atomic E-state index is 2.38. The first-order chi connectivity index (χ1) is 13.4. The molecule has 3 fully saturated rings. The Kier molecular flexibility index (Phi) is 7.33. The molecule has 27 heavy (non-hydrogen) atoms. The van der Waals surface area contributed by atoms with Crippen molar-refractivity contribution in [3.05, 3.63) is 35.9 Å². The van der Waals surface area contributed by atoms with Crippen LogP contribution in [0.25, 0.3) is 0 Å². The van der Waals surface area contributed by atoms with E-state index >= 15 is 0 Å². The van der Waals surface area contributed by atoms with E-state index in [9.17, 15) is 0 Å². The fourth-order valence-electron chi connectivity index (χ4n) is 6.90. The predicted octanol–water partition coefficient (Wildman–Crippen LogP) is 8.20. The zero-order chi connectivity index (χ0) is 18.3. The summed E-state index contributed by atoms with van der Waals surface area (Å²) in [6, 6.07) is 11.4.